The van der Waals surface area contributed by atoms with Gasteiger partial charge in [-0.25, -0.2) is 0 Å². The molecule has 2 bridgehead atoms. The maximum Gasteiger partial charge on any atom is 0.270 e. The molecule has 2 aliphatic rings. The number of fused-ring (bicyclic) bond motifs is 3. The number of ether oxygens (including phenoxy) is 1. The van der Waals surface area contributed by atoms with Crippen molar-refractivity contribution in [3.05, 3.63) is 36.0 Å². The van der Waals surface area contributed by atoms with Gasteiger partial charge in [-0.05, 0) is 37.8 Å². The first-order chi connectivity index (χ1) is 10.3. The fourth-order valence-electron chi connectivity index (χ4n) is 3.98. The van der Waals surface area contributed by atoms with Gasteiger partial charge in [0.05, 0.1) is 6.10 Å². The topological polar surface area (TPSA) is 45.3 Å². The summed E-state index contributed by atoms with van der Waals surface area (Å²) in [7, 11) is 1.78. The number of piperidine rings is 1. The van der Waals surface area contributed by atoms with E-state index < -0.39 is 0 Å². The van der Waals surface area contributed by atoms with Crippen molar-refractivity contribution in [3.8, 4) is 0 Å². The normalized spacial score (nSPS) is 28.2. The van der Waals surface area contributed by atoms with Crippen LogP contribution in [0.2, 0.25) is 0 Å². The van der Waals surface area contributed by atoms with Gasteiger partial charge in [-0.1, -0.05) is 18.2 Å². The lowest BCUT2D eigenvalue weighted by atomic mass is 9.99. The van der Waals surface area contributed by atoms with Crippen molar-refractivity contribution in [2.24, 2.45) is 0 Å². The van der Waals surface area contributed by atoms with Crippen molar-refractivity contribution in [2.75, 3.05) is 7.11 Å². The Morgan fingerprint density at radius 1 is 1.24 bits per heavy atom. The van der Waals surface area contributed by atoms with Gasteiger partial charge in [0.1, 0.15) is 5.69 Å². The second-order valence-electron chi connectivity index (χ2n) is 6.20. The molecule has 0 spiro atoms. The molecule has 2 aliphatic heterocycles. The van der Waals surface area contributed by atoms with E-state index in [2.05, 4.69) is 9.88 Å². The van der Waals surface area contributed by atoms with Crippen LogP contribution in [0.15, 0.2) is 30.3 Å². The highest BCUT2D eigenvalue weighted by molar-refractivity contribution is 5.98. The summed E-state index contributed by atoms with van der Waals surface area (Å²) in [6.07, 6.45) is 4.47. The molecule has 3 heterocycles. The third-order valence-electron chi connectivity index (χ3n) is 5.02. The first kappa shape index (κ1) is 12.9. The fraction of sp³-hybridized carbons (Fsp3) is 0.471. The van der Waals surface area contributed by atoms with Gasteiger partial charge < -0.3 is 14.6 Å². The number of amides is 1. The minimum Gasteiger partial charge on any atom is -0.381 e. The molecule has 4 rings (SSSR count). The summed E-state index contributed by atoms with van der Waals surface area (Å²) in [6, 6.07) is 10.7. The number of hydrogen-bond acceptors (Lipinski definition) is 2. The van der Waals surface area contributed by atoms with Crippen molar-refractivity contribution >= 4 is 16.8 Å². The van der Waals surface area contributed by atoms with E-state index in [1.54, 1.807) is 7.11 Å². The van der Waals surface area contributed by atoms with E-state index in [1.807, 2.05) is 30.3 Å². The average molecular weight is 284 g/mol. The molecule has 1 amide bonds. The molecule has 2 atom stereocenters. The van der Waals surface area contributed by atoms with E-state index in [4.69, 9.17) is 4.74 Å². The minimum atomic E-state index is 0.147. The number of hydrogen-bond donors (Lipinski definition) is 1. The van der Waals surface area contributed by atoms with Gasteiger partial charge in [0.2, 0.25) is 0 Å². The van der Waals surface area contributed by atoms with Crippen LogP contribution < -0.4 is 0 Å². The van der Waals surface area contributed by atoms with Gasteiger partial charge in [0.25, 0.3) is 5.91 Å². The number of nitrogens with zero attached hydrogens (tertiary/aromatic N) is 1. The van der Waals surface area contributed by atoms with Crippen LogP contribution in [-0.4, -0.2) is 41.1 Å². The van der Waals surface area contributed by atoms with Crippen LogP contribution in [0.3, 0.4) is 0 Å². The van der Waals surface area contributed by atoms with Gasteiger partial charge in [-0.2, -0.15) is 0 Å². The molecule has 1 aromatic heterocycles. The predicted molar refractivity (Wildman–Crippen MR) is 81.3 cm³/mol. The molecule has 110 valence electrons. The number of carbonyl (C=O) groups is 1. The first-order valence-corrected chi connectivity index (χ1v) is 7.69. The zero-order valence-corrected chi connectivity index (χ0v) is 12.2. The summed E-state index contributed by atoms with van der Waals surface area (Å²) >= 11 is 0. The molecule has 1 aromatic carbocycles. The van der Waals surface area contributed by atoms with E-state index in [1.165, 1.54) is 0 Å². The molecular formula is C17H20N2O2. The van der Waals surface area contributed by atoms with Gasteiger partial charge in [0, 0.05) is 30.1 Å². The smallest absolute Gasteiger partial charge is 0.270 e. The molecule has 2 aromatic rings. The van der Waals surface area contributed by atoms with E-state index in [9.17, 15) is 4.79 Å². The van der Waals surface area contributed by atoms with E-state index in [-0.39, 0.29) is 5.91 Å². The van der Waals surface area contributed by atoms with Gasteiger partial charge >= 0.3 is 0 Å². The molecule has 4 heteroatoms. The lowest BCUT2D eigenvalue weighted by molar-refractivity contribution is 0.00798. The second kappa shape index (κ2) is 4.88. The Labute approximate surface area is 124 Å². The lowest BCUT2D eigenvalue weighted by Gasteiger charge is -2.38. The number of nitrogens with one attached hydrogen (secondary N) is 1. The number of carbonyl (C=O) groups excluding carboxylic acids is 1. The zero-order valence-electron chi connectivity index (χ0n) is 12.2. The zero-order chi connectivity index (χ0) is 14.4. The predicted octanol–water partition coefficient (Wildman–Crippen LogP) is 2.95. The van der Waals surface area contributed by atoms with E-state index in [0.29, 0.717) is 23.9 Å². The molecule has 21 heavy (non-hydrogen) atoms. The largest absolute Gasteiger partial charge is 0.381 e. The highest BCUT2D eigenvalue weighted by Gasteiger charge is 2.43. The number of methoxy groups -OCH3 is 1. The van der Waals surface area contributed by atoms with Crippen molar-refractivity contribution in [1.82, 2.24) is 9.88 Å². The molecule has 2 fully saturated rings. The summed E-state index contributed by atoms with van der Waals surface area (Å²) in [5, 5.41) is 1.10. The average Bonchev–Trinajstić information content (AvgIpc) is 3.05. The van der Waals surface area contributed by atoms with Crippen LogP contribution in [0, 0.1) is 0 Å². The minimum absolute atomic E-state index is 0.147. The lowest BCUT2D eigenvalue weighted by Crippen LogP contribution is -2.48. The molecule has 0 aliphatic carbocycles. The summed E-state index contributed by atoms with van der Waals surface area (Å²) < 4.78 is 5.51. The Hall–Kier alpha value is -1.81. The summed E-state index contributed by atoms with van der Waals surface area (Å²) in [5.74, 6) is 0.147. The maximum atomic E-state index is 12.9. The van der Waals surface area contributed by atoms with Gasteiger partial charge in [0.15, 0.2) is 0 Å². The SMILES string of the molecule is COC1CC2CCC(C1)N2C(=O)c1cc2ccccc2[nH]1. The Balaban J connectivity index is 1.63. The Kier molecular flexibility index (Phi) is 3.00. The number of rotatable bonds is 2. The monoisotopic (exact) mass is 284 g/mol. The van der Waals surface area contributed by atoms with Crippen LogP contribution in [0.25, 0.3) is 10.9 Å². The van der Waals surface area contributed by atoms with Crippen molar-refractivity contribution in [2.45, 2.75) is 43.9 Å². The Morgan fingerprint density at radius 3 is 2.62 bits per heavy atom. The van der Waals surface area contributed by atoms with Crippen LogP contribution >= 0.6 is 0 Å². The third kappa shape index (κ3) is 2.05. The highest BCUT2D eigenvalue weighted by atomic mass is 16.5. The van der Waals surface area contributed by atoms with Crippen molar-refractivity contribution < 1.29 is 9.53 Å². The quantitative estimate of drug-likeness (QED) is 0.921. The van der Waals surface area contributed by atoms with Gasteiger partial charge in [-0.15, -0.1) is 0 Å². The summed E-state index contributed by atoms with van der Waals surface area (Å²) in [4.78, 5) is 18.2. The molecule has 0 radical (unpaired) electrons. The second-order valence-corrected chi connectivity index (χ2v) is 6.20. The van der Waals surface area contributed by atoms with Crippen molar-refractivity contribution in [3.63, 3.8) is 0 Å². The Morgan fingerprint density at radius 2 is 1.95 bits per heavy atom. The summed E-state index contributed by atoms with van der Waals surface area (Å²) in [6.45, 7) is 0. The first-order valence-electron chi connectivity index (χ1n) is 7.69. The van der Waals surface area contributed by atoms with E-state index >= 15 is 0 Å². The molecule has 1 N–H and O–H groups in total. The highest BCUT2D eigenvalue weighted by Crippen LogP contribution is 2.37. The number of benzene rings is 1. The van der Waals surface area contributed by atoms with Crippen LogP contribution in [0.4, 0.5) is 0 Å². The third-order valence-corrected chi connectivity index (χ3v) is 5.02. The molecule has 4 nitrogen and oxygen atoms in total. The van der Waals surface area contributed by atoms with Crippen LogP contribution in [0.5, 0.6) is 0 Å². The van der Waals surface area contributed by atoms with Gasteiger partial charge in [-0.3, -0.25) is 4.79 Å². The molecule has 2 saturated heterocycles. The van der Waals surface area contributed by atoms with Crippen molar-refractivity contribution in [1.29, 1.82) is 0 Å². The molecule has 0 saturated carbocycles. The maximum absolute atomic E-state index is 12.9. The number of para-hydroxylation sites is 1. The molecule has 2 unspecified atom stereocenters. The number of aromatic amines is 1. The van der Waals surface area contributed by atoms with Crippen LogP contribution in [-0.2, 0) is 4.74 Å². The molecular weight excluding hydrogens is 264 g/mol. The standard InChI is InChI=1S/C17H20N2O2/c1-21-14-9-12-6-7-13(10-14)19(12)17(20)16-8-11-4-2-3-5-15(11)18-16/h2-5,8,12-14,18H,6-7,9-10H2,1H3. The fourth-order valence-corrected chi connectivity index (χ4v) is 3.98. The number of H-pyrrole nitrogens is 1. The summed E-state index contributed by atoms with van der Waals surface area (Å²) in [5.41, 5.74) is 1.74. The number of aromatic nitrogens is 1. The van der Waals surface area contributed by atoms with Crippen LogP contribution in [0.1, 0.15) is 36.2 Å². The van der Waals surface area contributed by atoms with E-state index in [0.717, 1.165) is 36.6 Å². The Bertz CT molecular complexity index is 631.